The van der Waals surface area contributed by atoms with Gasteiger partial charge >= 0.3 is 5.63 Å². The molecule has 1 aromatic heterocycles. The van der Waals surface area contributed by atoms with Crippen molar-refractivity contribution in [3.05, 3.63) is 63.5 Å². The number of fused-ring (bicyclic) bond motifs is 2. The topological polar surface area (TPSA) is 59.7 Å². The van der Waals surface area contributed by atoms with Crippen LogP contribution in [0, 0.1) is 0 Å². The van der Waals surface area contributed by atoms with Gasteiger partial charge in [-0.1, -0.05) is 31.6 Å². The molecule has 4 nitrogen and oxygen atoms in total. The molecule has 1 aliphatic rings. The van der Waals surface area contributed by atoms with Crippen LogP contribution in [0.2, 0.25) is 0 Å². The number of rotatable bonds is 5. The Hall–Kier alpha value is -2.33. The number of allylic oxidation sites excluding steroid dienone is 3. The van der Waals surface area contributed by atoms with Crippen LogP contribution in [0.4, 0.5) is 0 Å². The quantitative estimate of drug-likeness (QED) is 0.594. The van der Waals surface area contributed by atoms with Crippen molar-refractivity contribution in [3.63, 3.8) is 0 Å². The van der Waals surface area contributed by atoms with E-state index in [1.807, 2.05) is 39.8 Å². The lowest BCUT2D eigenvalue weighted by Crippen LogP contribution is -2.39. The molecule has 0 spiro atoms. The fourth-order valence-corrected chi connectivity index (χ4v) is 3.51. The first-order chi connectivity index (χ1) is 12.9. The van der Waals surface area contributed by atoms with E-state index in [4.69, 9.17) is 9.15 Å². The minimum atomic E-state index is -0.962. The Morgan fingerprint density at radius 3 is 2.54 bits per heavy atom. The Bertz CT molecular complexity index is 1010. The third-order valence-corrected chi connectivity index (χ3v) is 5.52. The van der Waals surface area contributed by atoms with Crippen LogP contribution in [0.3, 0.4) is 0 Å². The van der Waals surface area contributed by atoms with Crippen LogP contribution in [0.1, 0.15) is 58.2 Å². The Balaban J connectivity index is 2.27. The maximum absolute atomic E-state index is 12.7. The van der Waals surface area contributed by atoms with Gasteiger partial charge in [0.2, 0.25) is 0 Å². The van der Waals surface area contributed by atoms with Gasteiger partial charge in [-0.15, -0.1) is 6.58 Å². The third-order valence-electron chi connectivity index (χ3n) is 5.52. The van der Waals surface area contributed by atoms with E-state index in [9.17, 15) is 9.90 Å². The zero-order valence-electron chi connectivity index (χ0n) is 17.7. The van der Waals surface area contributed by atoms with Crippen LogP contribution in [-0.4, -0.2) is 16.8 Å². The molecule has 0 amide bonds. The fraction of sp³-hybridized carbons (Fsp3) is 0.458. The van der Waals surface area contributed by atoms with Crippen molar-refractivity contribution >= 4 is 11.0 Å². The molecule has 2 aromatic rings. The summed E-state index contributed by atoms with van der Waals surface area (Å²) in [5.74, 6) is 0.732. The molecule has 0 aliphatic carbocycles. The Labute approximate surface area is 166 Å². The summed E-state index contributed by atoms with van der Waals surface area (Å²) in [5, 5.41) is 11.3. The fourth-order valence-electron chi connectivity index (χ4n) is 3.51. The molecule has 1 N–H and O–H groups in total. The highest BCUT2D eigenvalue weighted by Crippen LogP contribution is 2.41. The zero-order chi connectivity index (χ0) is 20.9. The monoisotopic (exact) mass is 382 g/mol. The van der Waals surface area contributed by atoms with Crippen molar-refractivity contribution < 1.29 is 14.3 Å². The summed E-state index contributed by atoms with van der Waals surface area (Å²) in [7, 11) is 0. The second-order valence-electron chi connectivity index (χ2n) is 9.08. The maximum Gasteiger partial charge on any atom is 0.340 e. The van der Waals surface area contributed by atoms with E-state index in [1.54, 1.807) is 19.9 Å². The van der Waals surface area contributed by atoms with Gasteiger partial charge in [0.15, 0.2) is 0 Å². The molecule has 4 heteroatoms. The molecule has 28 heavy (non-hydrogen) atoms. The highest BCUT2D eigenvalue weighted by molar-refractivity contribution is 5.85. The summed E-state index contributed by atoms with van der Waals surface area (Å²) in [5.41, 5.74) is 2.41. The van der Waals surface area contributed by atoms with Gasteiger partial charge in [-0.05, 0) is 51.8 Å². The van der Waals surface area contributed by atoms with Gasteiger partial charge in [0.05, 0.1) is 5.60 Å². The van der Waals surface area contributed by atoms with Crippen LogP contribution in [0.5, 0.6) is 5.75 Å². The molecule has 150 valence electrons. The second-order valence-corrected chi connectivity index (χ2v) is 9.08. The van der Waals surface area contributed by atoms with E-state index in [1.165, 1.54) is 5.57 Å². The van der Waals surface area contributed by atoms with Gasteiger partial charge in [-0.25, -0.2) is 4.79 Å². The first-order valence-corrected chi connectivity index (χ1v) is 9.73. The summed E-state index contributed by atoms with van der Waals surface area (Å²) >= 11 is 0. The van der Waals surface area contributed by atoms with E-state index in [0.717, 1.165) is 22.3 Å². The van der Waals surface area contributed by atoms with Crippen LogP contribution in [-0.2, 0) is 18.3 Å². The van der Waals surface area contributed by atoms with Gasteiger partial charge in [-0.2, -0.15) is 0 Å². The highest BCUT2D eigenvalue weighted by atomic mass is 16.5. The second kappa shape index (κ2) is 6.93. The summed E-state index contributed by atoms with van der Waals surface area (Å²) in [6.07, 6.45) is 4.75. The lowest BCUT2D eigenvalue weighted by molar-refractivity contribution is -0.0231. The van der Waals surface area contributed by atoms with Crippen molar-refractivity contribution in [2.75, 3.05) is 0 Å². The van der Waals surface area contributed by atoms with E-state index >= 15 is 0 Å². The predicted octanol–water partition coefficient (Wildman–Crippen LogP) is 4.84. The molecular formula is C24H30O4. The Kier molecular flexibility index (Phi) is 5.05. The van der Waals surface area contributed by atoms with Crippen LogP contribution < -0.4 is 10.4 Å². The zero-order valence-corrected chi connectivity index (χ0v) is 17.7. The molecule has 1 atom stereocenters. The first-order valence-electron chi connectivity index (χ1n) is 9.73. The molecule has 0 fully saturated rings. The van der Waals surface area contributed by atoms with Crippen LogP contribution in [0.25, 0.3) is 11.0 Å². The lowest BCUT2D eigenvalue weighted by Gasteiger charge is -2.25. The standard InChI is InChI=1S/C24H30O4/c1-8-23(4,5)18-12-15-11-16-13-19(24(6,7)26)27-20(16)17(10-9-14(2)3)21(15)28-22(18)25/h8-9,11-12,19,26H,1,10,13H2,2-7H3/t19-/m0/s1. The van der Waals surface area contributed by atoms with Gasteiger partial charge in [-0.3, -0.25) is 0 Å². The Morgan fingerprint density at radius 1 is 1.29 bits per heavy atom. The molecule has 0 bridgehead atoms. The van der Waals surface area contributed by atoms with Crippen molar-refractivity contribution in [1.29, 1.82) is 0 Å². The minimum absolute atomic E-state index is 0.333. The lowest BCUT2D eigenvalue weighted by atomic mass is 9.85. The van der Waals surface area contributed by atoms with E-state index < -0.39 is 11.0 Å². The van der Waals surface area contributed by atoms with E-state index in [-0.39, 0.29) is 11.7 Å². The molecule has 0 saturated carbocycles. The molecule has 1 aliphatic heterocycles. The van der Waals surface area contributed by atoms with Crippen LogP contribution >= 0.6 is 0 Å². The average molecular weight is 383 g/mol. The molecule has 2 heterocycles. The normalized spacial score (nSPS) is 16.6. The predicted molar refractivity (Wildman–Crippen MR) is 113 cm³/mol. The van der Waals surface area contributed by atoms with Gasteiger partial charge in [0, 0.05) is 28.3 Å². The first kappa shape index (κ1) is 20.4. The molecule has 3 rings (SSSR count). The SMILES string of the molecule is C=CC(C)(C)c1cc2cc3c(c(CC=C(C)C)c2oc1=O)O[C@H](C(C)(C)O)C3. The van der Waals surface area contributed by atoms with Gasteiger partial charge in [0.1, 0.15) is 17.4 Å². The summed E-state index contributed by atoms with van der Waals surface area (Å²) in [4.78, 5) is 12.7. The summed E-state index contributed by atoms with van der Waals surface area (Å²) in [6, 6.07) is 3.93. The van der Waals surface area contributed by atoms with Crippen LogP contribution in [0.15, 0.2) is 45.6 Å². The van der Waals surface area contributed by atoms with Gasteiger partial charge < -0.3 is 14.3 Å². The van der Waals surface area contributed by atoms with Crippen molar-refractivity contribution in [2.24, 2.45) is 0 Å². The number of aliphatic hydroxyl groups is 1. The Morgan fingerprint density at radius 2 is 1.96 bits per heavy atom. The van der Waals surface area contributed by atoms with Gasteiger partial charge in [0.25, 0.3) is 0 Å². The smallest absolute Gasteiger partial charge is 0.340 e. The molecule has 1 aromatic carbocycles. The molecule has 0 radical (unpaired) electrons. The summed E-state index contributed by atoms with van der Waals surface area (Å²) < 4.78 is 12.0. The molecule has 0 saturated heterocycles. The average Bonchev–Trinajstić information content (AvgIpc) is 3.02. The largest absolute Gasteiger partial charge is 0.486 e. The number of benzene rings is 1. The van der Waals surface area contributed by atoms with E-state index in [0.29, 0.717) is 24.0 Å². The van der Waals surface area contributed by atoms with Crippen molar-refractivity contribution in [1.82, 2.24) is 0 Å². The number of hydrogen-bond acceptors (Lipinski definition) is 4. The van der Waals surface area contributed by atoms with Crippen molar-refractivity contribution in [2.45, 2.75) is 71.5 Å². The van der Waals surface area contributed by atoms with Crippen molar-refractivity contribution in [3.8, 4) is 5.75 Å². The third kappa shape index (κ3) is 3.66. The highest BCUT2D eigenvalue weighted by Gasteiger charge is 2.37. The molecule has 0 unspecified atom stereocenters. The minimum Gasteiger partial charge on any atom is -0.486 e. The van der Waals surface area contributed by atoms with E-state index in [2.05, 4.69) is 12.7 Å². The number of hydrogen-bond donors (Lipinski definition) is 1. The number of ether oxygens (including phenoxy) is 1. The summed E-state index contributed by atoms with van der Waals surface area (Å²) in [6.45, 7) is 15.3. The maximum atomic E-state index is 12.7. The molecular weight excluding hydrogens is 352 g/mol.